The molecule has 1 aromatic heterocycles. The van der Waals surface area contributed by atoms with E-state index in [0.29, 0.717) is 34.6 Å². The summed E-state index contributed by atoms with van der Waals surface area (Å²) < 4.78 is 5.79. The summed E-state index contributed by atoms with van der Waals surface area (Å²) in [6, 6.07) is 7.08. The maximum absolute atomic E-state index is 13.0. The molecule has 118 valence electrons. The Bertz CT molecular complexity index is 776. The van der Waals surface area contributed by atoms with Crippen LogP contribution in [0.3, 0.4) is 0 Å². The minimum Gasteiger partial charge on any atom is -0.485 e. The molecule has 0 radical (unpaired) electrons. The van der Waals surface area contributed by atoms with Crippen molar-refractivity contribution < 1.29 is 9.53 Å². The van der Waals surface area contributed by atoms with Crippen molar-refractivity contribution in [1.82, 2.24) is 9.97 Å². The van der Waals surface area contributed by atoms with Crippen LogP contribution in [0.2, 0.25) is 5.02 Å². The van der Waals surface area contributed by atoms with Crippen molar-refractivity contribution in [3.05, 3.63) is 47.0 Å². The molecule has 6 heteroatoms. The Kier molecular flexibility index (Phi) is 3.45. The van der Waals surface area contributed by atoms with Crippen LogP contribution in [-0.4, -0.2) is 28.5 Å². The number of para-hydroxylation sites is 1. The predicted molar refractivity (Wildman–Crippen MR) is 87.2 cm³/mol. The van der Waals surface area contributed by atoms with E-state index in [4.69, 9.17) is 16.3 Å². The zero-order chi connectivity index (χ0) is 16.0. The zero-order valence-electron chi connectivity index (χ0n) is 12.7. The fourth-order valence-electron chi connectivity index (χ4n) is 2.78. The lowest BCUT2D eigenvalue weighted by Gasteiger charge is -2.33. The Morgan fingerprint density at radius 3 is 2.96 bits per heavy atom. The maximum atomic E-state index is 13.0. The molecule has 0 bridgehead atoms. The van der Waals surface area contributed by atoms with Crippen molar-refractivity contribution in [3.8, 4) is 5.75 Å². The molecule has 2 aliphatic rings. The van der Waals surface area contributed by atoms with Gasteiger partial charge in [-0.2, -0.15) is 0 Å². The summed E-state index contributed by atoms with van der Waals surface area (Å²) in [6.07, 6.45) is 3.74. The average Bonchev–Trinajstić information content (AvgIpc) is 3.39. The van der Waals surface area contributed by atoms with Crippen molar-refractivity contribution in [2.75, 3.05) is 11.4 Å². The summed E-state index contributed by atoms with van der Waals surface area (Å²) in [4.78, 5) is 23.4. The lowest BCUT2D eigenvalue weighted by Crippen LogP contribution is -2.42. The monoisotopic (exact) mass is 329 g/mol. The first-order valence-electron chi connectivity index (χ1n) is 7.73. The number of hydrogen-bond acceptors (Lipinski definition) is 4. The molecule has 0 unspecified atom stereocenters. The van der Waals surface area contributed by atoms with Gasteiger partial charge in [0.05, 0.1) is 17.3 Å². The first kappa shape index (κ1) is 14.5. The number of benzene rings is 1. The van der Waals surface area contributed by atoms with Crippen LogP contribution in [0, 0.1) is 0 Å². The van der Waals surface area contributed by atoms with E-state index in [9.17, 15) is 4.79 Å². The van der Waals surface area contributed by atoms with Gasteiger partial charge in [-0.1, -0.05) is 17.7 Å². The van der Waals surface area contributed by atoms with Crippen molar-refractivity contribution in [3.63, 3.8) is 0 Å². The minimum absolute atomic E-state index is 0.129. The number of ether oxygens (including phenoxy) is 1. The third-order valence-corrected chi connectivity index (χ3v) is 4.37. The van der Waals surface area contributed by atoms with E-state index in [-0.39, 0.29) is 12.0 Å². The second-order valence-corrected chi connectivity index (χ2v) is 6.41. The summed E-state index contributed by atoms with van der Waals surface area (Å²) in [6.45, 7) is 2.39. The highest BCUT2D eigenvalue weighted by Gasteiger charge is 2.32. The van der Waals surface area contributed by atoms with Crippen LogP contribution in [0.25, 0.3) is 0 Å². The Labute approximate surface area is 139 Å². The molecule has 1 aliphatic carbocycles. The summed E-state index contributed by atoms with van der Waals surface area (Å²) in [5.74, 6) is 1.59. The molecular weight excluding hydrogens is 314 g/mol. The van der Waals surface area contributed by atoms with Gasteiger partial charge in [0.2, 0.25) is 0 Å². The van der Waals surface area contributed by atoms with Gasteiger partial charge in [-0.05, 0) is 38.0 Å². The Hall–Kier alpha value is -2.14. The molecule has 1 amide bonds. The van der Waals surface area contributed by atoms with Crippen LogP contribution in [0.15, 0.2) is 30.5 Å². The van der Waals surface area contributed by atoms with Crippen LogP contribution in [0.4, 0.5) is 5.69 Å². The second-order valence-electron chi connectivity index (χ2n) is 6.01. The normalized spacial score (nSPS) is 19.9. The number of halogens is 1. The summed E-state index contributed by atoms with van der Waals surface area (Å²) in [5, 5.41) is 0.508. The standard InChI is InChI=1S/C17H16ClN3O2/c1-10-9-21(14-4-2-3-12(18)15(14)23-10)17(22)13-7-8-19-16(20-13)11-5-6-11/h2-4,7-8,10-11H,5-6,9H2,1H3/t10-/m0/s1. The number of rotatable bonds is 2. The zero-order valence-corrected chi connectivity index (χ0v) is 13.5. The summed E-state index contributed by atoms with van der Waals surface area (Å²) in [7, 11) is 0. The van der Waals surface area contributed by atoms with E-state index >= 15 is 0 Å². The van der Waals surface area contributed by atoms with Gasteiger partial charge >= 0.3 is 0 Å². The van der Waals surface area contributed by atoms with Crippen molar-refractivity contribution in [2.24, 2.45) is 0 Å². The van der Waals surface area contributed by atoms with Gasteiger partial charge in [-0.15, -0.1) is 0 Å². The Morgan fingerprint density at radius 1 is 1.35 bits per heavy atom. The van der Waals surface area contributed by atoms with Crippen LogP contribution in [0.5, 0.6) is 5.75 Å². The van der Waals surface area contributed by atoms with Gasteiger partial charge in [0.1, 0.15) is 17.6 Å². The van der Waals surface area contributed by atoms with Crippen LogP contribution < -0.4 is 9.64 Å². The first-order valence-corrected chi connectivity index (χ1v) is 8.11. The average molecular weight is 330 g/mol. The highest BCUT2D eigenvalue weighted by molar-refractivity contribution is 6.32. The smallest absolute Gasteiger partial charge is 0.277 e. The predicted octanol–water partition coefficient (Wildman–Crippen LogP) is 3.44. The third-order valence-electron chi connectivity index (χ3n) is 4.08. The van der Waals surface area contributed by atoms with Crippen LogP contribution in [0.1, 0.15) is 42.0 Å². The Morgan fingerprint density at radius 2 is 2.17 bits per heavy atom. The van der Waals surface area contributed by atoms with Gasteiger partial charge in [0.25, 0.3) is 5.91 Å². The number of carbonyl (C=O) groups excluding carboxylic acids is 1. The number of aromatic nitrogens is 2. The largest absolute Gasteiger partial charge is 0.485 e. The minimum atomic E-state index is -0.145. The summed E-state index contributed by atoms with van der Waals surface area (Å²) >= 11 is 6.21. The summed E-state index contributed by atoms with van der Waals surface area (Å²) in [5.41, 5.74) is 1.11. The molecular formula is C17H16ClN3O2. The first-order chi connectivity index (χ1) is 11.1. The molecule has 5 nitrogen and oxygen atoms in total. The Balaban J connectivity index is 1.71. The number of amides is 1. The number of anilines is 1. The molecule has 0 saturated heterocycles. The quantitative estimate of drug-likeness (QED) is 0.847. The highest BCUT2D eigenvalue weighted by atomic mass is 35.5. The lowest BCUT2D eigenvalue weighted by atomic mass is 10.1. The molecule has 2 aromatic rings. The number of carbonyl (C=O) groups is 1. The molecule has 1 saturated carbocycles. The van der Waals surface area contributed by atoms with E-state index in [0.717, 1.165) is 18.7 Å². The van der Waals surface area contributed by atoms with E-state index in [1.807, 2.05) is 19.1 Å². The molecule has 23 heavy (non-hydrogen) atoms. The van der Waals surface area contributed by atoms with Gasteiger partial charge in [-0.25, -0.2) is 9.97 Å². The van der Waals surface area contributed by atoms with Gasteiger partial charge in [0, 0.05) is 12.1 Å². The van der Waals surface area contributed by atoms with Gasteiger partial charge in [-0.3, -0.25) is 9.69 Å². The molecule has 1 atom stereocenters. The van der Waals surface area contributed by atoms with E-state index in [1.54, 1.807) is 23.2 Å². The van der Waals surface area contributed by atoms with E-state index < -0.39 is 0 Å². The van der Waals surface area contributed by atoms with Crippen molar-refractivity contribution in [2.45, 2.75) is 31.8 Å². The SMILES string of the molecule is C[C@H]1CN(C(=O)c2ccnc(C3CC3)n2)c2cccc(Cl)c2O1. The molecule has 0 spiro atoms. The highest BCUT2D eigenvalue weighted by Crippen LogP contribution is 2.40. The fourth-order valence-corrected chi connectivity index (χ4v) is 3.00. The topological polar surface area (TPSA) is 55.3 Å². The van der Waals surface area contributed by atoms with Crippen molar-refractivity contribution in [1.29, 1.82) is 0 Å². The third kappa shape index (κ3) is 2.65. The van der Waals surface area contributed by atoms with Crippen LogP contribution >= 0.6 is 11.6 Å². The van der Waals surface area contributed by atoms with E-state index in [1.165, 1.54) is 0 Å². The molecule has 1 fully saturated rings. The molecule has 1 aromatic carbocycles. The van der Waals surface area contributed by atoms with Gasteiger partial charge < -0.3 is 4.74 Å². The van der Waals surface area contributed by atoms with Crippen LogP contribution in [-0.2, 0) is 0 Å². The molecule has 2 heterocycles. The van der Waals surface area contributed by atoms with Gasteiger partial charge in [0.15, 0.2) is 5.75 Å². The number of fused-ring (bicyclic) bond motifs is 1. The fraction of sp³-hybridized carbons (Fsp3) is 0.353. The number of nitrogens with zero attached hydrogens (tertiary/aromatic N) is 3. The van der Waals surface area contributed by atoms with E-state index in [2.05, 4.69) is 9.97 Å². The number of hydrogen-bond donors (Lipinski definition) is 0. The molecule has 4 rings (SSSR count). The maximum Gasteiger partial charge on any atom is 0.277 e. The molecule has 1 aliphatic heterocycles. The lowest BCUT2D eigenvalue weighted by molar-refractivity contribution is 0.0956. The molecule has 0 N–H and O–H groups in total. The van der Waals surface area contributed by atoms with Crippen molar-refractivity contribution >= 4 is 23.2 Å². The second kappa shape index (κ2) is 5.49.